The minimum Gasteiger partial charge on any atom is -0.373 e. The Balaban J connectivity index is 1.19. The first-order valence-corrected chi connectivity index (χ1v) is 13.9. The highest BCUT2D eigenvalue weighted by Gasteiger charge is 2.79. The molecule has 9 rings (SSSR count). The topological polar surface area (TPSA) is 96.4 Å². The molecule has 1 saturated heterocycles. The molecule has 12 heteroatoms. The number of ether oxygens (including phenoxy) is 1. The van der Waals surface area contributed by atoms with E-state index in [1.807, 2.05) is 23.9 Å². The molecule has 4 saturated carbocycles. The zero-order valence-electron chi connectivity index (χ0n) is 22.3. The van der Waals surface area contributed by atoms with Gasteiger partial charge in [0.05, 0.1) is 35.6 Å². The second-order valence-corrected chi connectivity index (χ2v) is 12.4. The molecular formula is C28H29F3N8O. The monoisotopic (exact) mass is 550 g/mol. The van der Waals surface area contributed by atoms with Crippen LogP contribution in [0.2, 0.25) is 0 Å². The lowest BCUT2D eigenvalue weighted by molar-refractivity contribution is -0.337. The molecule has 5 fully saturated rings. The normalized spacial score (nSPS) is 29.8. The van der Waals surface area contributed by atoms with Gasteiger partial charge >= 0.3 is 6.18 Å². The highest BCUT2D eigenvalue weighted by Crippen LogP contribution is 2.78. The summed E-state index contributed by atoms with van der Waals surface area (Å²) in [5.74, 6) is 0.659. The van der Waals surface area contributed by atoms with Crippen LogP contribution in [-0.4, -0.2) is 52.5 Å². The van der Waals surface area contributed by atoms with Gasteiger partial charge in [-0.15, -0.1) is 5.10 Å². The van der Waals surface area contributed by atoms with Gasteiger partial charge in [0.1, 0.15) is 11.5 Å². The lowest BCUT2D eigenvalue weighted by atomic mass is 9.33. The molecule has 0 aromatic carbocycles. The van der Waals surface area contributed by atoms with Gasteiger partial charge in [-0.2, -0.15) is 18.3 Å². The number of aryl methyl sites for hydroxylation is 2. The summed E-state index contributed by atoms with van der Waals surface area (Å²) in [7, 11) is 1.79. The summed E-state index contributed by atoms with van der Waals surface area (Å²) in [6.07, 6.45) is 5.41. The van der Waals surface area contributed by atoms with Crippen LogP contribution in [0, 0.1) is 12.3 Å². The van der Waals surface area contributed by atoms with Gasteiger partial charge in [-0.05, 0) is 57.9 Å². The van der Waals surface area contributed by atoms with Crippen LogP contribution in [0.5, 0.6) is 0 Å². The van der Waals surface area contributed by atoms with Gasteiger partial charge in [-0.3, -0.25) is 9.36 Å². The third-order valence-corrected chi connectivity index (χ3v) is 9.47. The summed E-state index contributed by atoms with van der Waals surface area (Å²) in [6, 6.07) is 2.44. The molecule has 2 unspecified atom stereocenters. The Morgan fingerprint density at radius 1 is 1.05 bits per heavy atom. The molecule has 1 aliphatic heterocycles. The highest BCUT2D eigenvalue weighted by molar-refractivity contribution is 5.85. The number of pyridine rings is 1. The first kappa shape index (κ1) is 24.4. The molecular weight excluding hydrogens is 521 g/mol. The molecule has 0 N–H and O–H groups in total. The maximum Gasteiger partial charge on any atom is 0.394 e. The number of aromatic nitrogens is 8. The lowest BCUT2D eigenvalue weighted by Gasteiger charge is -2.70. The molecule has 2 atom stereocenters. The number of hydrogen-bond acceptors (Lipinski definition) is 7. The lowest BCUT2D eigenvalue weighted by Crippen LogP contribution is -2.70. The van der Waals surface area contributed by atoms with Crippen LogP contribution < -0.4 is 0 Å². The van der Waals surface area contributed by atoms with E-state index in [1.54, 1.807) is 17.9 Å². The first-order valence-electron chi connectivity index (χ1n) is 13.9. The molecule has 208 valence electrons. The molecule has 40 heavy (non-hydrogen) atoms. The molecule has 4 aromatic heterocycles. The SMILES string of the molecule is Cc1nc2nc(C3CCOC(c4cnn(C5CC5)c4)C3)nc(C34CC(C(F)(F)F)(C3)C4)c2cc1-c1cn(C)nn1. The van der Waals surface area contributed by atoms with Crippen molar-refractivity contribution in [3.8, 4) is 11.3 Å². The fourth-order valence-electron chi connectivity index (χ4n) is 7.14. The molecule has 4 aliphatic carbocycles. The maximum absolute atomic E-state index is 13.8. The Kier molecular flexibility index (Phi) is 4.93. The van der Waals surface area contributed by atoms with Crippen LogP contribution in [0.3, 0.4) is 0 Å². The summed E-state index contributed by atoms with van der Waals surface area (Å²) >= 11 is 0. The first-order chi connectivity index (χ1) is 19.1. The van der Waals surface area contributed by atoms with Crippen molar-refractivity contribution in [1.29, 1.82) is 0 Å². The van der Waals surface area contributed by atoms with Gasteiger partial charge in [-0.1, -0.05) is 5.21 Å². The largest absolute Gasteiger partial charge is 0.394 e. The van der Waals surface area contributed by atoms with Crippen molar-refractivity contribution in [2.24, 2.45) is 12.5 Å². The number of halogens is 3. The highest BCUT2D eigenvalue weighted by atomic mass is 19.4. The molecule has 5 heterocycles. The molecule has 9 nitrogen and oxygen atoms in total. The predicted molar refractivity (Wildman–Crippen MR) is 137 cm³/mol. The van der Waals surface area contributed by atoms with E-state index in [9.17, 15) is 13.2 Å². The minimum absolute atomic E-state index is 0.0110. The van der Waals surface area contributed by atoms with Crippen molar-refractivity contribution in [2.75, 3.05) is 6.61 Å². The predicted octanol–water partition coefficient (Wildman–Crippen LogP) is 5.28. The van der Waals surface area contributed by atoms with E-state index in [0.29, 0.717) is 47.3 Å². The average molecular weight is 551 g/mol. The van der Waals surface area contributed by atoms with Crippen molar-refractivity contribution in [3.05, 3.63) is 47.4 Å². The fraction of sp³-hybridized carbons (Fsp3) is 0.571. The summed E-state index contributed by atoms with van der Waals surface area (Å²) in [6.45, 7) is 2.45. The van der Waals surface area contributed by atoms with E-state index >= 15 is 0 Å². The second-order valence-electron chi connectivity index (χ2n) is 12.4. The Hall–Kier alpha value is -3.41. The zero-order chi connectivity index (χ0) is 27.4. The summed E-state index contributed by atoms with van der Waals surface area (Å²) in [4.78, 5) is 14.8. The average Bonchev–Trinajstić information content (AvgIpc) is 3.43. The molecule has 4 aromatic rings. The minimum atomic E-state index is -4.20. The van der Waals surface area contributed by atoms with Crippen LogP contribution in [0.15, 0.2) is 24.7 Å². The van der Waals surface area contributed by atoms with Crippen molar-refractivity contribution in [3.63, 3.8) is 0 Å². The van der Waals surface area contributed by atoms with Crippen molar-refractivity contribution in [2.45, 2.75) is 81.5 Å². The Morgan fingerprint density at radius 2 is 1.85 bits per heavy atom. The van der Waals surface area contributed by atoms with Gasteiger partial charge in [0.2, 0.25) is 0 Å². The van der Waals surface area contributed by atoms with Crippen molar-refractivity contribution >= 4 is 11.0 Å². The van der Waals surface area contributed by atoms with Crippen LogP contribution >= 0.6 is 0 Å². The third kappa shape index (κ3) is 3.57. The molecule has 0 amide bonds. The number of hydrogen-bond donors (Lipinski definition) is 0. The zero-order valence-corrected chi connectivity index (χ0v) is 22.3. The molecule has 5 aliphatic rings. The smallest absolute Gasteiger partial charge is 0.373 e. The molecule has 2 bridgehead atoms. The Labute approximate surface area is 228 Å². The van der Waals surface area contributed by atoms with E-state index in [1.165, 1.54) is 0 Å². The summed E-state index contributed by atoms with van der Waals surface area (Å²) in [5, 5.41) is 13.5. The van der Waals surface area contributed by atoms with Gasteiger partial charge in [0.25, 0.3) is 0 Å². The van der Waals surface area contributed by atoms with Gasteiger partial charge in [0, 0.05) is 53.4 Å². The number of fused-ring (bicyclic) bond motifs is 1. The number of rotatable bonds is 5. The van der Waals surface area contributed by atoms with E-state index in [2.05, 4.69) is 21.6 Å². The van der Waals surface area contributed by atoms with Crippen molar-refractivity contribution < 1.29 is 17.9 Å². The van der Waals surface area contributed by atoms with E-state index in [4.69, 9.17) is 19.7 Å². The van der Waals surface area contributed by atoms with Crippen molar-refractivity contribution in [1.82, 2.24) is 39.7 Å². The molecule has 0 spiro atoms. The van der Waals surface area contributed by atoms with E-state index < -0.39 is 17.0 Å². The van der Waals surface area contributed by atoms with E-state index in [0.717, 1.165) is 36.1 Å². The second kappa shape index (κ2) is 8.08. The Morgan fingerprint density at radius 3 is 2.55 bits per heavy atom. The van der Waals surface area contributed by atoms with Gasteiger partial charge < -0.3 is 4.74 Å². The maximum atomic E-state index is 13.8. The Bertz CT molecular complexity index is 1640. The quantitative estimate of drug-likeness (QED) is 0.334. The van der Waals surface area contributed by atoms with E-state index in [-0.39, 0.29) is 31.3 Å². The fourth-order valence-corrected chi connectivity index (χ4v) is 7.14. The number of alkyl halides is 3. The van der Waals surface area contributed by atoms with Gasteiger partial charge in [0.15, 0.2) is 5.65 Å². The number of nitrogens with zero attached hydrogens (tertiary/aromatic N) is 8. The standard InChI is InChI=1S/C28H29F3N8O/c1-15-19(21-11-38(2)37-36-21)8-20-23(26-12-27(13-26,14-26)28(29,30)31)34-24(35-25(20)33-15)16-5-6-40-22(7-16)17-9-32-39(10-17)18-3-4-18/h8-11,16,18,22H,3-7,12-14H2,1-2H3. The van der Waals surface area contributed by atoms with Crippen LogP contribution in [0.4, 0.5) is 13.2 Å². The summed E-state index contributed by atoms with van der Waals surface area (Å²) in [5.41, 5.74) is 2.28. The third-order valence-electron chi connectivity index (χ3n) is 9.47. The van der Waals surface area contributed by atoms with Crippen LogP contribution in [0.1, 0.15) is 85.8 Å². The van der Waals surface area contributed by atoms with Gasteiger partial charge in [-0.25, -0.2) is 15.0 Å². The van der Waals surface area contributed by atoms with Crippen LogP contribution in [0.25, 0.3) is 22.3 Å². The summed E-state index contributed by atoms with van der Waals surface area (Å²) < 4.78 is 51.2. The molecule has 0 radical (unpaired) electrons. The van der Waals surface area contributed by atoms with Crippen LogP contribution in [-0.2, 0) is 17.2 Å².